The fraction of sp³-hybridized carbons (Fsp3) is 0. The highest BCUT2D eigenvalue weighted by molar-refractivity contribution is 7.07. The molecule has 2 aromatic rings. The molecule has 0 spiro atoms. The van der Waals surface area contributed by atoms with Crippen molar-refractivity contribution in [1.82, 2.24) is 4.98 Å². The second kappa shape index (κ2) is 5.82. The number of nitro groups is 1. The van der Waals surface area contributed by atoms with Gasteiger partial charge in [0.05, 0.1) is 16.5 Å². The third-order valence-corrected chi connectivity index (χ3v) is 1.89. The summed E-state index contributed by atoms with van der Waals surface area (Å²) in [7, 11) is 0. The largest absolute Gasteiger partial charge is 0.272 e. The van der Waals surface area contributed by atoms with E-state index in [1.165, 1.54) is 12.1 Å². The van der Waals surface area contributed by atoms with Crippen LogP contribution in [0.3, 0.4) is 0 Å². The van der Waals surface area contributed by atoms with Gasteiger partial charge in [-0.3, -0.25) is 15.1 Å². The Bertz CT molecular complexity index is 403. The molecule has 0 unspecified atom stereocenters. The van der Waals surface area contributed by atoms with Gasteiger partial charge < -0.3 is 0 Å². The van der Waals surface area contributed by atoms with Crippen LogP contribution in [0.1, 0.15) is 0 Å². The van der Waals surface area contributed by atoms with Crippen LogP contribution < -0.4 is 0 Å². The first-order valence-corrected chi connectivity index (χ1v) is 4.86. The van der Waals surface area contributed by atoms with Crippen LogP contribution in [-0.2, 0) is 0 Å². The van der Waals surface area contributed by atoms with Crippen LogP contribution in [0.25, 0.3) is 0 Å². The lowest BCUT2D eigenvalue weighted by molar-refractivity contribution is -0.385. The highest BCUT2D eigenvalue weighted by Gasteiger charge is 2.03. The molecule has 0 aliphatic carbocycles. The first-order valence-electron chi connectivity index (χ1n) is 3.92. The van der Waals surface area contributed by atoms with E-state index >= 15 is 0 Å². The van der Waals surface area contributed by atoms with Crippen molar-refractivity contribution < 1.29 is 9.31 Å². The topological polar surface area (TPSA) is 56.0 Å². The van der Waals surface area contributed by atoms with Crippen LogP contribution in [0.4, 0.5) is 10.1 Å². The highest BCUT2D eigenvalue weighted by Crippen LogP contribution is 2.10. The zero-order valence-electron chi connectivity index (χ0n) is 7.54. The van der Waals surface area contributed by atoms with Crippen LogP contribution in [0.15, 0.2) is 41.4 Å². The van der Waals surface area contributed by atoms with Gasteiger partial charge in [-0.1, -0.05) is 6.07 Å². The van der Waals surface area contributed by atoms with Gasteiger partial charge in [-0.25, -0.2) is 4.39 Å². The van der Waals surface area contributed by atoms with E-state index < -0.39 is 10.7 Å². The molecule has 1 aromatic heterocycles. The number of hydrogen-bond donors (Lipinski definition) is 0. The van der Waals surface area contributed by atoms with E-state index in [4.69, 9.17) is 0 Å². The minimum absolute atomic E-state index is 0.222. The maximum atomic E-state index is 12.2. The van der Waals surface area contributed by atoms with Gasteiger partial charge in [0.25, 0.3) is 5.69 Å². The van der Waals surface area contributed by atoms with Gasteiger partial charge in [0, 0.05) is 17.6 Å². The number of aromatic nitrogens is 1. The molecule has 0 saturated carbocycles. The third-order valence-electron chi connectivity index (χ3n) is 1.37. The fourth-order valence-electron chi connectivity index (χ4n) is 0.765. The number of rotatable bonds is 1. The van der Waals surface area contributed by atoms with E-state index in [9.17, 15) is 14.5 Å². The van der Waals surface area contributed by atoms with Crippen LogP contribution in [0.5, 0.6) is 0 Å². The molecule has 0 aliphatic rings. The van der Waals surface area contributed by atoms with E-state index in [0.717, 1.165) is 12.1 Å². The second-order valence-electron chi connectivity index (χ2n) is 2.41. The number of thiazole rings is 1. The van der Waals surface area contributed by atoms with Gasteiger partial charge in [0.1, 0.15) is 5.82 Å². The van der Waals surface area contributed by atoms with Gasteiger partial charge >= 0.3 is 0 Å². The van der Waals surface area contributed by atoms with Crippen molar-refractivity contribution in [3.05, 3.63) is 57.3 Å². The number of benzene rings is 1. The van der Waals surface area contributed by atoms with Gasteiger partial charge in [0.15, 0.2) is 0 Å². The molecular formula is C9H7FN2O2S. The molecule has 0 bridgehead atoms. The number of halogens is 1. The summed E-state index contributed by atoms with van der Waals surface area (Å²) >= 11 is 1.60. The Balaban J connectivity index is 0.000000187. The fourth-order valence-corrected chi connectivity index (χ4v) is 1.12. The van der Waals surface area contributed by atoms with Crippen LogP contribution in [-0.4, -0.2) is 9.91 Å². The Hall–Kier alpha value is -1.82. The Morgan fingerprint density at radius 2 is 2.27 bits per heavy atom. The van der Waals surface area contributed by atoms with Crippen LogP contribution in [0, 0.1) is 15.9 Å². The van der Waals surface area contributed by atoms with Crippen molar-refractivity contribution in [3.63, 3.8) is 0 Å². The van der Waals surface area contributed by atoms with Gasteiger partial charge in [0.2, 0.25) is 0 Å². The molecule has 1 aromatic carbocycles. The molecular weight excluding hydrogens is 219 g/mol. The minimum atomic E-state index is -0.636. The highest BCUT2D eigenvalue weighted by atomic mass is 32.1. The van der Waals surface area contributed by atoms with Crippen molar-refractivity contribution >= 4 is 17.0 Å². The SMILES string of the molecule is O=[N+]([O-])c1cccc(F)c1.c1cscn1. The molecule has 0 amide bonds. The average molecular weight is 226 g/mol. The van der Waals surface area contributed by atoms with Crippen molar-refractivity contribution in [1.29, 1.82) is 0 Å². The van der Waals surface area contributed by atoms with Gasteiger partial charge in [-0.15, -0.1) is 11.3 Å². The predicted molar refractivity (Wildman–Crippen MR) is 55.2 cm³/mol. The molecule has 0 N–H and O–H groups in total. The molecule has 4 nitrogen and oxygen atoms in total. The molecule has 2 rings (SSSR count). The Kier molecular flexibility index (Phi) is 4.36. The zero-order chi connectivity index (χ0) is 11.1. The summed E-state index contributed by atoms with van der Waals surface area (Å²) in [6.45, 7) is 0. The average Bonchev–Trinajstić information content (AvgIpc) is 2.75. The molecule has 15 heavy (non-hydrogen) atoms. The minimum Gasteiger partial charge on any atom is -0.258 e. The summed E-state index contributed by atoms with van der Waals surface area (Å²) in [6, 6.07) is 4.57. The zero-order valence-corrected chi connectivity index (χ0v) is 8.36. The first-order chi connectivity index (χ1) is 7.20. The van der Waals surface area contributed by atoms with Crippen LogP contribution >= 0.6 is 11.3 Å². The lowest BCUT2D eigenvalue weighted by Gasteiger charge is -1.88. The Morgan fingerprint density at radius 3 is 2.60 bits per heavy atom. The summed E-state index contributed by atoms with van der Waals surface area (Å²) in [6.07, 6.45) is 1.77. The standard InChI is InChI=1S/C6H4FNO2.C3H3NS/c7-5-2-1-3-6(4-5)8(9)10;1-2-5-3-4-1/h1-4H;1-3H. The molecule has 1 heterocycles. The molecule has 0 saturated heterocycles. The normalized spacial score (nSPS) is 8.87. The molecule has 6 heteroatoms. The number of nitrogens with zero attached hydrogens (tertiary/aromatic N) is 2. The van der Waals surface area contributed by atoms with Crippen molar-refractivity contribution in [3.8, 4) is 0 Å². The van der Waals surface area contributed by atoms with Gasteiger partial charge in [-0.2, -0.15) is 0 Å². The van der Waals surface area contributed by atoms with E-state index in [1.54, 1.807) is 23.0 Å². The summed E-state index contributed by atoms with van der Waals surface area (Å²) in [4.78, 5) is 13.1. The number of nitro benzene ring substituents is 1. The molecule has 78 valence electrons. The monoisotopic (exact) mass is 226 g/mol. The number of hydrogen-bond acceptors (Lipinski definition) is 4. The van der Waals surface area contributed by atoms with E-state index in [0.29, 0.717) is 0 Å². The lowest BCUT2D eigenvalue weighted by Crippen LogP contribution is -1.87. The van der Waals surface area contributed by atoms with Crippen LogP contribution in [0.2, 0.25) is 0 Å². The summed E-state index contributed by atoms with van der Waals surface area (Å²) in [5.41, 5.74) is 1.57. The maximum Gasteiger partial charge on any atom is 0.272 e. The summed E-state index contributed by atoms with van der Waals surface area (Å²) in [5.74, 6) is -0.589. The van der Waals surface area contributed by atoms with Crippen molar-refractivity contribution in [2.24, 2.45) is 0 Å². The lowest BCUT2D eigenvalue weighted by atomic mass is 10.3. The maximum absolute atomic E-state index is 12.2. The second-order valence-corrected chi connectivity index (χ2v) is 3.17. The molecule has 0 atom stereocenters. The Morgan fingerprint density at radius 1 is 1.47 bits per heavy atom. The smallest absolute Gasteiger partial charge is 0.258 e. The van der Waals surface area contributed by atoms with Gasteiger partial charge in [-0.05, 0) is 6.07 Å². The van der Waals surface area contributed by atoms with E-state index in [-0.39, 0.29) is 5.69 Å². The predicted octanol–water partition coefficient (Wildman–Crippen LogP) is 2.88. The summed E-state index contributed by atoms with van der Waals surface area (Å²) < 4.78 is 12.2. The van der Waals surface area contributed by atoms with E-state index in [1.807, 2.05) is 5.38 Å². The van der Waals surface area contributed by atoms with Crippen molar-refractivity contribution in [2.75, 3.05) is 0 Å². The Labute approximate surface area is 89.2 Å². The quantitative estimate of drug-likeness (QED) is 0.555. The summed E-state index contributed by atoms with van der Waals surface area (Å²) in [5, 5.41) is 11.9. The molecule has 0 radical (unpaired) electrons. The molecule has 0 aliphatic heterocycles. The van der Waals surface area contributed by atoms with E-state index in [2.05, 4.69) is 4.98 Å². The molecule has 0 fully saturated rings. The third kappa shape index (κ3) is 4.28. The first kappa shape index (κ1) is 11.3. The van der Waals surface area contributed by atoms with Crippen molar-refractivity contribution in [2.45, 2.75) is 0 Å². The number of non-ortho nitro benzene ring substituents is 1.